The Kier molecular flexibility index (Phi) is 12.8. The summed E-state index contributed by atoms with van der Waals surface area (Å²) >= 11 is 0. The SMILES string of the molecule is CCCCCCCCCCCOC1(O)C(C)(C)C=C(N2CCCCC2)CC1(C)C.O=C(O)O. The molecule has 0 spiro atoms. The number of nitrogens with zero attached hydrogens (tertiary/aromatic N) is 1. The lowest BCUT2D eigenvalue weighted by Crippen LogP contribution is -2.60. The van der Waals surface area contributed by atoms with Crippen molar-refractivity contribution in [2.24, 2.45) is 10.8 Å². The Morgan fingerprint density at radius 2 is 1.39 bits per heavy atom. The molecule has 2 aliphatic rings. The molecule has 0 radical (unpaired) electrons. The smallest absolute Gasteiger partial charge is 0.450 e. The minimum Gasteiger partial charge on any atom is -0.450 e. The molecule has 0 aromatic carbocycles. The van der Waals surface area contributed by atoms with E-state index in [1.165, 1.54) is 76.3 Å². The maximum Gasteiger partial charge on any atom is 0.503 e. The van der Waals surface area contributed by atoms with Crippen LogP contribution in [0.5, 0.6) is 0 Å². The van der Waals surface area contributed by atoms with Crippen molar-refractivity contribution in [1.29, 1.82) is 0 Å². The number of ether oxygens (including phenoxy) is 1. The van der Waals surface area contributed by atoms with Gasteiger partial charge in [-0.05, 0) is 32.1 Å². The molecule has 1 heterocycles. The van der Waals surface area contributed by atoms with Gasteiger partial charge in [-0.2, -0.15) is 0 Å². The lowest BCUT2D eigenvalue weighted by atomic mass is 9.62. The highest BCUT2D eigenvalue weighted by molar-refractivity contribution is 5.53. The van der Waals surface area contributed by atoms with Gasteiger partial charge in [-0.1, -0.05) is 92.1 Å². The number of allylic oxidation sites excluding steroid dienone is 1. The standard InChI is InChI=1S/C26H49NO2.CH2O3/c1-6-7-8-9-10-11-12-13-17-20-29-26(28)24(2,3)21-23(22-25(26,4)5)27-18-15-14-16-19-27;2-1(3)4/h21,28H,6-20,22H2,1-5H3;(H2,2,3,4). The highest BCUT2D eigenvalue weighted by Crippen LogP contribution is 2.54. The number of hydrogen-bond donors (Lipinski definition) is 3. The van der Waals surface area contributed by atoms with E-state index < -0.39 is 11.9 Å². The van der Waals surface area contributed by atoms with Gasteiger partial charge in [0.05, 0.1) is 6.61 Å². The number of rotatable bonds is 12. The molecule has 33 heavy (non-hydrogen) atoms. The molecule has 194 valence electrons. The molecule has 1 aliphatic heterocycles. The average molecular weight is 470 g/mol. The second-order valence-electron chi connectivity index (χ2n) is 11.1. The maximum atomic E-state index is 11.7. The van der Waals surface area contributed by atoms with Crippen LogP contribution in [0, 0.1) is 10.8 Å². The number of unbranched alkanes of at least 4 members (excludes halogenated alkanes) is 8. The van der Waals surface area contributed by atoms with Crippen molar-refractivity contribution in [3.05, 3.63) is 11.8 Å². The van der Waals surface area contributed by atoms with E-state index in [9.17, 15) is 5.11 Å². The molecular formula is C27H51NO5. The molecule has 3 N–H and O–H groups in total. The zero-order valence-electron chi connectivity index (χ0n) is 22.0. The molecule has 1 saturated heterocycles. The van der Waals surface area contributed by atoms with Crippen LogP contribution < -0.4 is 0 Å². The fourth-order valence-electron chi connectivity index (χ4n) is 5.41. The van der Waals surface area contributed by atoms with Crippen LogP contribution in [0.2, 0.25) is 0 Å². The number of aliphatic hydroxyl groups is 1. The molecule has 0 aromatic heterocycles. The summed E-state index contributed by atoms with van der Waals surface area (Å²) in [6, 6.07) is 0. The van der Waals surface area contributed by atoms with Crippen molar-refractivity contribution in [3.63, 3.8) is 0 Å². The Hall–Kier alpha value is -1.27. The molecule has 6 heteroatoms. The second-order valence-corrected chi connectivity index (χ2v) is 11.1. The predicted molar refractivity (Wildman–Crippen MR) is 134 cm³/mol. The van der Waals surface area contributed by atoms with E-state index in [0.29, 0.717) is 6.61 Å². The van der Waals surface area contributed by atoms with Crippen LogP contribution in [0.25, 0.3) is 0 Å². The fraction of sp³-hybridized carbons (Fsp3) is 0.889. The zero-order chi connectivity index (χ0) is 25.0. The zero-order valence-corrected chi connectivity index (χ0v) is 22.0. The summed E-state index contributed by atoms with van der Waals surface area (Å²) in [5.41, 5.74) is 0.731. The van der Waals surface area contributed by atoms with Gasteiger partial charge in [-0.3, -0.25) is 0 Å². The third-order valence-corrected chi connectivity index (χ3v) is 7.26. The molecular weight excluding hydrogens is 418 g/mol. The largest absolute Gasteiger partial charge is 0.503 e. The van der Waals surface area contributed by atoms with E-state index in [-0.39, 0.29) is 10.8 Å². The summed E-state index contributed by atoms with van der Waals surface area (Å²) in [5, 5.41) is 25.6. The monoisotopic (exact) mass is 469 g/mol. The van der Waals surface area contributed by atoms with Crippen molar-refractivity contribution in [2.75, 3.05) is 19.7 Å². The minimum absolute atomic E-state index is 0.294. The van der Waals surface area contributed by atoms with E-state index in [0.717, 1.165) is 25.9 Å². The molecule has 1 aliphatic carbocycles. The fourth-order valence-corrected chi connectivity index (χ4v) is 5.41. The normalized spacial score (nSPS) is 23.9. The Labute approximate surface area is 202 Å². The first kappa shape index (κ1) is 29.8. The summed E-state index contributed by atoms with van der Waals surface area (Å²) in [6.45, 7) is 13.9. The highest BCUT2D eigenvalue weighted by atomic mass is 16.6. The van der Waals surface area contributed by atoms with Gasteiger partial charge in [0.2, 0.25) is 0 Å². The number of carboxylic acid groups (broad SMARTS) is 2. The van der Waals surface area contributed by atoms with Crippen molar-refractivity contribution < 1.29 is 24.9 Å². The quantitative estimate of drug-likeness (QED) is 0.206. The molecule has 1 atom stereocenters. The lowest BCUT2D eigenvalue weighted by molar-refractivity contribution is -0.315. The molecule has 1 unspecified atom stereocenters. The number of piperidine rings is 1. The van der Waals surface area contributed by atoms with Crippen LogP contribution in [0.15, 0.2) is 11.8 Å². The van der Waals surface area contributed by atoms with Crippen molar-refractivity contribution in [1.82, 2.24) is 4.90 Å². The minimum atomic E-state index is -1.83. The van der Waals surface area contributed by atoms with Gasteiger partial charge >= 0.3 is 6.16 Å². The van der Waals surface area contributed by atoms with E-state index in [4.69, 9.17) is 19.7 Å². The summed E-state index contributed by atoms with van der Waals surface area (Å²) in [6.07, 6.45) is 17.0. The number of hydrogen-bond acceptors (Lipinski definition) is 4. The van der Waals surface area contributed by atoms with Crippen molar-refractivity contribution >= 4 is 6.16 Å². The Balaban J connectivity index is 0.00000125. The molecule has 0 saturated carbocycles. The molecule has 0 aromatic rings. The Bertz CT molecular complexity index is 591. The highest BCUT2D eigenvalue weighted by Gasteiger charge is 2.57. The molecule has 0 bridgehead atoms. The summed E-state index contributed by atoms with van der Waals surface area (Å²) in [4.78, 5) is 11.1. The van der Waals surface area contributed by atoms with Crippen LogP contribution in [0.4, 0.5) is 4.79 Å². The first-order valence-corrected chi connectivity index (χ1v) is 13.2. The summed E-state index contributed by atoms with van der Waals surface area (Å²) < 4.78 is 6.29. The Morgan fingerprint density at radius 3 is 1.88 bits per heavy atom. The van der Waals surface area contributed by atoms with Crippen molar-refractivity contribution in [2.45, 2.75) is 124 Å². The lowest BCUT2D eigenvalue weighted by Gasteiger charge is -2.55. The van der Waals surface area contributed by atoms with E-state index in [2.05, 4.69) is 45.6 Å². The third kappa shape index (κ3) is 9.48. The topological polar surface area (TPSA) is 90.2 Å². The number of carbonyl (C=O) groups is 1. The second kappa shape index (κ2) is 14.2. The van der Waals surface area contributed by atoms with Crippen LogP contribution in [0.1, 0.15) is 118 Å². The van der Waals surface area contributed by atoms with Gasteiger partial charge in [0.15, 0.2) is 5.79 Å². The molecule has 0 amide bonds. The van der Waals surface area contributed by atoms with Gasteiger partial charge in [-0.25, -0.2) is 4.79 Å². The van der Waals surface area contributed by atoms with Crippen LogP contribution in [0.3, 0.4) is 0 Å². The first-order chi connectivity index (χ1) is 15.5. The van der Waals surface area contributed by atoms with Crippen LogP contribution in [-0.4, -0.2) is 51.9 Å². The van der Waals surface area contributed by atoms with Crippen molar-refractivity contribution in [3.8, 4) is 0 Å². The van der Waals surface area contributed by atoms with E-state index in [1.54, 1.807) is 0 Å². The first-order valence-electron chi connectivity index (χ1n) is 13.2. The van der Waals surface area contributed by atoms with Gasteiger partial charge in [0.1, 0.15) is 0 Å². The molecule has 2 rings (SSSR count). The molecule has 1 fully saturated rings. The summed E-state index contributed by atoms with van der Waals surface area (Å²) in [7, 11) is 0. The average Bonchev–Trinajstić information content (AvgIpc) is 2.73. The van der Waals surface area contributed by atoms with Gasteiger partial charge in [0, 0.05) is 29.6 Å². The Morgan fingerprint density at radius 1 is 0.909 bits per heavy atom. The van der Waals surface area contributed by atoms with Gasteiger partial charge in [0.25, 0.3) is 0 Å². The van der Waals surface area contributed by atoms with E-state index >= 15 is 0 Å². The third-order valence-electron chi connectivity index (χ3n) is 7.26. The van der Waals surface area contributed by atoms with Gasteiger partial charge in [-0.15, -0.1) is 0 Å². The summed E-state index contributed by atoms with van der Waals surface area (Å²) in [5.74, 6) is -1.11. The molecule has 6 nitrogen and oxygen atoms in total. The number of likely N-dealkylation sites (tertiary alicyclic amines) is 1. The van der Waals surface area contributed by atoms with E-state index in [1.807, 2.05) is 0 Å². The van der Waals surface area contributed by atoms with Crippen LogP contribution >= 0.6 is 0 Å². The van der Waals surface area contributed by atoms with Crippen LogP contribution in [-0.2, 0) is 4.74 Å². The predicted octanol–water partition coefficient (Wildman–Crippen LogP) is 7.27. The maximum absolute atomic E-state index is 11.7. The van der Waals surface area contributed by atoms with Gasteiger partial charge < -0.3 is 25.0 Å².